The van der Waals surface area contributed by atoms with Gasteiger partial charge in [-0.15, -0.1) is 0 Å². The smallest absolute Gasteiger partial charge is 0.334 e. The van der Waals surface area contributed by atoms with Gasteiger partial charge >= 0.3 is 5.97 Å². The maximum absolute atomic E-state index is 12.0. The zero-order chi connectivity index (χ0) is 15.1. The monoisotopic (exact) mass is 281 g/mol. The van der Waals surface area contributed by atoms with Gasteiger partial charge in [-0.3, -0.25) is 4.79 Å². The van der Waals surface area contributed by atoms with Gasteiger partial charge in [0.15, 0.2) is 6.10 Å². The van der Waals surface area contributed by atoms with E-state index in [1.807, 2.05) is 0 Å². The highest BCUT2D eigenvalue weighted by Gasteiger charge is 2.20. The van der Waals surface area contributed by atoms with Crippen LogP contribution in [0.25, 0.3) is 0 Å². The van der Waals surface area contributed by atoms with Crippen molar-refractivity contribution in [2.24, 2.45) is 0 Å². The molecule has 0 aliphatic rings. The average molecular weight is 281 g/mol. The van der Waals surface area contributed by atoms with Crippen molar-refractivity contribution in [2.75, 3.05) is 20.8 Å². The van der Waals surface area contributed by atoms with Gasteiger partial charge in [-0.25, -0.2) is 4.79 Å². The summed E-state index contributed by atoms with van der Waals surface area (Å²) >= 11 is 0. The van der Waals surface area contributed by atoms with Gasteiger partial charge in [-0.1, -0.05) is 12.1 Å². The van der Waals surface area contributed by atoms with Gasteiger partial charge in [0.25, 0.3) is 0 Å². The maximum atomic E-state index is 12.0. The van der Waals surface area contributed by atoms with E-state index in [1.54, 1.807) is 38.3 Å². The molecule has 2 N–H and O–H groups in total. The molecule has 1 amide bonds. The molecule has 0 heterocycles. The summed E-state index contributed by atoms with van der Waals surface area (Å²) in [5.74, 6) is -1.03. The molecule has 0 bridgehead atoms. The fraction of sp³-hybridized carbons (Fsp3) is 0.429. The molecule has 6 heteroatoms. The number of ether oxygens (including phenoxy) is 2. The highest BCUT2D eigenvalue weighted by Crippen LogP contribution is 2.19. The number of hydrogen-bond donors (Lipinski definition) is 2. The van der Waals surface area contributed by atoms with E-state index in [0.717, 1.165) is 5.56 Å². The highest BCUT2D eigenvalue weighted by atomic mass is 16.5. The standard InChI is InChI=1S/C14H19NO5/c1-9(10-4-6-11(19-2)7-5-10)13(16)15-8-12(20-3)14(17)18/h4-7,9,12H,8H2,1-3H3,(H,15,16)(H,17,18). The Hall–Kier alpha value is -2.08. The van der Waals surface area contributed by atoms with Crippen molar-refractivity contribution < 1.29 is 24.2 Å². The van der Waals surface area contributed by atoms with Crippen LogP contribution in [0.3, 0.4) is 0 Å². The largest absolute Gasteiger partial charge is 0.497 e. The second-order valence-electron chi connectivity index (χ2n) is 4.30. The molecular formula is C14H19NO5. The zero-order valence-corrected chi connectivity index (χ0v) is 11.8. The Morgan fingerprint density at radius 1 is 1.25 bits per heavy atom. The van der Waals surface area contributed by atoms with Gasteiger partial charge in [0, 0.05) is 7.11 Å². The molecule has 1 aromatic carbocycles. The van der Waals surface area contributed by atoms with E-state index in [4.69, 9.17) is 14.6 Å². The number of nitrogens with one attached hydrogen (secondary N) is 1. The van der Waals surface area contributed by atoms with E-state index in [9.17, 15) is 9.59 Å². The van der Waals surface area contributed by atoms with Crippen molar-refractivity contribution in [3.8, 4) is 5.75 Å². The third-order valence-electron chi connectivity index (χ3n) is 3.03. The van der Waals surface area contributed by atoms with Crippen LogP contribution in [0.15, 0.2) is 24.3 Å². The Labute approximate surface area is 117 Å². The molecule has 0 saturated heterocycles. The third kappa shape index (κ3) is 4.24. The minimum Gasteiger partial charge on any atom is -0.497 e. The number of carbonyl (C=O) groups is 2. The minimum atomic E-state index is -1.11. The minimum absolute atomic E-state index is 0.0643. The van der Waals surface area contributed by atoms with Crippen molar-refractivity contribution >= 4 is 11.9 Å². The molecule has 0 spiro atoms. The van der Waals surface area contributed by atoms with Gasteiger partial charge < -0.3 is 19.9 Å². The molecule has 0 aliphatic carbocycles. The van der Waals surface area contributed by atoms with Crippen molar-refractivity contribution in [3.05, 3.63) is 29.8 Å². The van der Waals surface area contributed by atoms with E-state index in [2.05, 4.69) is 5.32 Å². The van der Waals surface area contributed by atoms with Gasteiger partial charge in [-0.05, 0) is 24.6 Å². The van der Waals surface area contributed by atoms with Crippen molar-refractivity contribution in [1.82, 2.24) is 5.32 Å². The van der Waals surface area contributed by atoms with Crippen LogP contribution in [0.4, 0.5) is 0 Å². The van der Waals surface area contributed by atoms with Crippen LogP contribution >= 0.6 is 0 Å². The van der Waals surface area contributed by atoms with Crippen LogP contribution in [-0.4, -0.2) is 43.9 Å². The summed E-state index contributed by atoms with van der Waals surface area (Å²) in [5.41, 5.74) is 0.826. The fourth-order valence-corrected chi connectivity index (χ4v) is 1.66. The second kappa shape index (κ2) is 7.49. The quantitative estimate of drug-likeness (QED) is 0.779. The Morgan fingerprint density at radius 2 is 1.85 bits per heavy atom. The molecule has 1 rings (SSSR count). The molecule has 0 aromatic heterocycles. The van der Waals surface area contributed by atoms with Crippen LogP contribution in [0.2, 0.25) is 0 Å². The SMILES string of the molecule is COc1ccc(C(C)C(=O)NCC(OC)C(=O)O)cc1. The van der Waals surface area contributed by atoms with Crippen molar-refractivity contribution in [2.45, 2.75) is 18.9 Å². The lowest BCUT2D eigenvalue weighted by atomic mass is 10.0. The lowest BCUT2D eigenvalue weighted by Crippen LogP contribution is -2.39. The number of benzene rings is 1. The van der Waals surface area contributed by atoms with Gasteiger partial charge in [0.05, 0.1) is 19.6 Å². The number of methoxy groups -OCH3 is 2. The summed E-state index contributed by atoms with van der Waals surface area (Å²) in [6, 6.07) is 7.14. The number of amides is 1. The second-order valence-corrected chi connectivity index (χ2v) is 4.30. The molecule has 0 fully saturated rings. The average Bonchev–Trinajstić information content (AvgIpc) is 2.46. The summed E-state index contributed by atoms with van der Waals surface area (Å²) in [6.45, 7) is 1.69. The Kier molecular flexibility index (Phi) is 5.99. The molecule has 6 nitrogen and oxygen atoms in total. The normalized spacial score (nSPS) is 13.3. The predicted octanol–water partition coefficient (Wildman–Crippen LogP) is 1.01. The van der Waals surface area contributed by atoms with Crippen LogP contribution in [0.5, 0.6) is 5.75 Å². The van der Waals surface area contributed by atoms with Gasteiger partial charge in [0.2, 0.25) is 5.91 Å². The van der Waals surface area contributed by atoms with E-state index < -0.39 is 12.1 Å². The summed E-state index contributed by atoms with van der Waals surface area (Å²) in [6.07, 6.45) is -1.04. The Balaban J connectivity index is 2.59. The molecule has 0 radical (unpaired) electrons. The topological polar surface area (TPSA) is 84.9 Å². The summed E-state index contributed by atoms with van der Waals surface area (Å²) in [5, 5.41) is 11.4. The first-order chi connectivity index (χ1) is 9.49. The number of rotatable bonds is 7. The first kappa shape index (κ1) is 16.0. The Morgan fingerprint density at radius 3 is 2.30 bits per heavy atom. The molecule has 0 aliphatic heterocycles. The number of carboxylic acids is 1. The number of carbonyl (C=O) groups excluding carboxylic acids is 1. The van der Waals surface area contributed by atoms with Crippen LogP contribution in [0, 0.1) is 0 Å². The van der Waals surface area contributed by atoms with E-state index in [-0.39, 0.29) is 18.4 Å². The van der Waals surface area contributed by atoms with Crippen molar-refractivity contribution in [3.63, 3.8) is 0 Å². The lowest BCUT2D eigenvalue weighted by molar-refractivity contribution is -0.148. The van der Waals surface area contributed by atoms with E-state index >= 15 is 0 Å². The molecule has 20 heavy (non-hydrogen) atoms. The van der Waals surface area contributed by atoms with Crippen LogP contribution in [-0.2, 0) is 14.3 Å². The lowest BCUT2D eigenvalue weighted by Gasteiger charge is -2.15. The van der Waals surface area contributed by atoms with Crippen molar-refractivity contribution in [1.29, 1.82) is 0 Å². The molecule has 110 valence electrons. The van der Waals surface area contributed by atoms with Crippen LogP contribution in [0.1, 0.15) is 18.4 Å². The molecule has 2 atom stereocenters. The number of aliphatic carboxylic acids is 1. The number of hydrogen-bond acceptors (Lipinski definition) is 4. The summed E-state index contributed by atoms with van der Waals surface area (Å²) < 4.78 is 9.79. The zero-order valence-electron chi connectivity index (χ0n) is 11.8. The first-order valence-electron chi connectivity index (χ1n) is 6.16. The first-order valence-corrected chi connectivity index (χ1v) is 6.16. The Bertz CT molecular complexity index is 457. The highest BCUT2D eigenvalue weighted by molar-refractivity contribution is 5.84. The summed E-state index contributed by atoms with van der Waals surface area (Å²) in [4.78, 5) is 22.7. The van der Waals surface area contributed by atoms with Gasteiger partial charge in [0.1, 0.15) is 5.75 Å². The summed E-state index contributed by atoms with van der Waals surface area (Å²) in [7, 11) is 2.86. The fourth-order valence-electron chi connectivity index (χ4n) is 1.66. The third-order valence-corrected chi connectivity index (χ3v) is 3.03. The van der Waals surface area contributed by atoms with Crippen LogP contribution < -0.4 is 10.1 Å². The van der Waals surface area contributed by atoms with E-state index in [0.29, 0.717) is 5.75 Å². The molecule has 0 saturated carbocycles. The molecule has 1 aromatic rings. The molecular weight excluding hydrogens is 262 g/mol. The van der Waals surface area contributed by atoms with Gasteiger partial charge in [-0.2, -0.15) is 0 Å². The predicted molar refractivity (Wildman–Crippen MR) is 72.9 cm³/mol. The number of carboxylic acid groups (broad SMARTS) is 1. The molecule has 2 unspecified atom stereocenters. The van der Waals surface area contributed by atoms with E-state index in [1.165, 1.54) is 7.11 Å². The maximum Gasteiger partial charge on any atom is 0.334 e.